The molecule has 1 aromatic heterocycles. The molecule has 0 amide bonds. The SMILES string of the molecule is Cc1cccc(C(CO)Cc2sccc2Cl)c1. The van der Waals surface area contributed by atoms with Crippen LogP contribution in [0.2, 0.25) is 5.02 Å². The first-order chi connectivity index (χ1) is 8.20. The Balaban J connectivity index is 2.20. The highest BCUT2D eigenvalue weighted by atomic mass is 35.5. The summed E-state index contributed by atoms with van der Waals surface area (Å²) in [7, 11) is 0. The van der Waals surface area contributed by atoms with Crippen LogP contribution in [0.5, 0.6) is 0 Å². The van der Waals surface area contributed by atoms with E-state index in [-0.39, 0.29) is 12.5 Å². The van der Waals surface area contributed by atoms with Crippen molar-refractivity contribution in [1.29, 1.82) is 0 Å². The molecule has 0 fully saturated rings. The predicted octanol–water partition coefficient (Wildman–Crippen LogP) is 4.03. The summed E-state index contributed by atoms with van der Waals surface area (Å²) in [5, 5.41) is 12.3. The maximum Gasteiger partial charge on any atom is 0.0545 e. The van der Waals surface area contributed by atoms with E-state index in [4.69, 9.17) is 11.6 Å². The number of aliphatic hydroxyl groups is 1. The van der Waals surface area contributed by atoms with Crippen LogP contribution in [-0.4, -0.2) is 11.7 Å². The summed E-state index contributed by atoms with van der Waals surface area (Å²) in [4.78, 5) is 1.15. The minimum absolute atomic E-state index is 0.131. The molecule has 1 unspecified atom stereocenters. The van der Waals surface area contributed by atoms with E-state index in [1.54, 1.807) is 11.3 Å². The van der Waals surface area contributed by atoms with Crippen molar-refractivity contribution in [3.05, 3.63) is 56.7 Å². The Morgan fingerprint density at radius 1 is 1.35 bits per heavy atom. The van der Waals surface area contributed by atoms with E-state index >= 15 is 0 Å². The number of aliphatic hydroxyl groups excluding tert-OH is 1. The van der Waals surface area contributed by atoms with Gasteiger partial charge in [-0.25, -0.2) is 0 Å². The van der Waals surface area contributed by atoms with Gasteiger partial charge in [0.1, 0.15) is 0 Å². The third kappa shape index (κ3) is 3.09. The number of rotatable bonds is 4. The second kappa shape index (κ2) is 5.67. The lowest BCUT2D eigenvalue weighted by atomic mass is 9.94. The molecule has 90 valence electrons. The van der Waals surface area contributed by atoms with Crippen molar-refractivity contribution in [3.8, 4) is 0 Å². The number of benzene rings is 1. The van der Waals surface area contributed by atoms with Crippen LogP contribution < -0.4 is 0 Å². The highest BCUT2D eigenvalue weighted by molar-refractivity contribution is 7.10. The van der Waals surface area contributed by atoms with E-state index in [1.165, 1.54) is 11.1 Å². The van der Waals surface area contributed by atoms with Crippen LogP contribution in [0.1, 0.15) is 21.9 Å². The zero-order valence-corrected chi connectivity index (χ0v) is 11.3. The van der Waals surface area contributed by atoms with E-state index in [2.05, 4.69) is 25.1 Å². The van der Waals surface area contributed by atoms with Gasteiger partial charge in [0.25, 0.3) is 0 Å². The van der Waals surface area contributed by atoms with Gasteiger partial charge in [-0.05, 0) is 30.4 Å². The molecule has 1 aromatic carbocycles. The van der Waals surface area contributed by atoms with E-state index < -0.39 is 0 Å². The third-order valence-electron chi connectivity index (χ3n) is 2.86. The van der Waals surface area contributed by atoms with Gasteiger partial charge in [0.05, 0.1) is 11.6 Å². The Morgan fingerprint density at radius 3 is 2.76 bits per heavy atom. The second-order valence-electron chi connectivity index (χ2n) is 4.19. The number of hydrogen-bond acceptors (Lipinski definition) is 2. The lowest BCUT2D eigenvalue weighted by Crippen LogP contribution is -2.07. The van der Waals surface area contributed by atoms with E-state index in [0.29, 0.717) is 0 Å². The topological polar surface area (TPSA) is 20.2 Å². The first-order valence-electron chi connectivity index (χ1n) is 5.60. The van der Waals surface area contributed by atoms with Crippen LogP contribution in [-0.2, 0) is 6.42 Å². The van der Waals surface area contributed by atoms with Crippen LogP contribution in [0.3, 0.4) is 0 Å². The molecule has 2 rings (SSSR count). The van der Waals surface area contributed by atoms with Crippen molar-refractivity contribution in [2.24, 2.45) is 0 Å². The normalized spacial score (nSPS) is 12.6. The number of halogens is 1. The molecule has 1 atom stereocenters. The smallest absolute Gasteiger partial charge is 0.0545 e. The maximum atomic E-state index is 9.52. The van der Waals surface area contributed by atoms with Crippen molar-refractivity contribution in [2.45, 2.75) is 19.3 Å². The summed E-state index contributed by atoms with van der Waals surface area (Å²) in [5.41, 5.74) is 2.40. The number of aryl methyl sites for hydroxylation is 1. The van der Waals surface area contributed by atoms with Gasteiger partial charge in [0.2, 0.25) is 0 Å². The molecule has 17 heavy (non-hydrogen) atoms. The lowest BCUT2D eigenvalue weighted by molar-refractivity contribution is 0.265. The van der Waals surface area contributed by atoms with Gasteiger partial charge in [-0.1, -0.05) is 41.4 Å². The Hall–Kier alpha value is -0.830. The molecule has 0 aliphatic heterocycles. The first-order valence-corrected chi connectivity index (χ1v) is 6.85. The number of thiophene rings is 1. The molecule has 1 nitrogen and oxygen atoms in total. The fourth-order valence-electron chi connectivity index (χ4n) is 1.91. The molecule has 0 aliphatic carbocycles. The molecule has 0 aliphatic rings. The van der Waals surface area contributed by atoms with E-state index in [9.17, 15) is 5.11 Å². The fraction of sp³-hybridized carbons (Fsp3) is 0.286. The van der Waals surface area contributed by atoms with E-state index in [1.807, 2.05) is 17.5 Å². The Kier molecular flexibility index (Phi) is 4.21. The third-order valence-corrected chi connectivity index (χ3v) is 4.27. The molecule has 0 saturated heterocycles. The summed E-state index contributed by atoms with van der Waals surface area (Å²) in [6.45, 7) is 2.22. The van der Waals surface area contributed by atoms with Crippen LogP contribution in [0.25, 0.3) is 0 Å². The first kappa shape index (κ1) is 12.6. The van der Waals surface area contributed by atoms with Gasteiger partial charge >= 0.3 is 0 Å². The molecule has 1 heterocycles. The van der Waals surface area contributed by atoms with Gasteiger partial charge in [0.15, 0.2) is 0 Å². The van der Waals surface area contributed by atoms with Gasteiger partial charge < -0.3 is 5.11 Å². The molecular formula is C14H15ClOS. The highest BCUT2D eigenvalue weighted by Crippen LogP contribution is 2.29. The van der Waals surface area contributed by atoms with Crippen molar-refractivity contribution in [3.63, 3.8) is 0 Å². The second-order valence-corrected chi connectivity index (χ2v) is 5.60. The van der Waals surface area contributed by atoms with Crippen LogP contribution in [0.15, 0.2) is 35.7 Å². The zero-order valence-electron chi connectivity index (χ0n) is 9.69. The van der Waals surface area contributed by atoms with Crippen LogP contribution in [0, 0.1) is 6.92 Å². The largest absolute Gasteiger partial charge is 0.396 e. The Labute approximate surface area is 111 Å². The van der Waals surface area contributed by atoms with Crippen LogP contribution >= 0.6 is 22.9 Å². The summed E-state index contributed by atoms with van der Waals surface area (Å²) >= 11 is 7.74. The monoisotopic (exact) mass is 266 g/mol. The van der Waals surface area contributed by atoms with Gasteiger partial charge in [-0.2, -0.15) is 0 Å². The molecule has 2 aromatic rings. The summed E-state index contributed by atoms with van der Waals surface area (Å²) in [5.74, 6) is 0.131. The molecule has 0 radical (unpaired) electrons. The average Bonchev–Trinajstić information content (AvgIpc) is 2.71. The molecule has 0 spiro atoms. The fourth-order valence-corrected chi connectivity index (χ4v) is 3.10. The standard InChI is InChI=1S/C14H15ClOS/c1-10-3-2-4-11(7-10)12(9-16)8-14-13(15)5-6-17-14/h2-7,12,16H,8-9H2,1H3. The molecule has 0 bridgehead atoms. The average molecular weight is 267 g/mol. The lowest BCUT2D eigenvalue weighted by Gasteiger charge is -2.14. The molecule has 3 heteroatoms. The van der Waals surface area contributed by atoms with Gasteiger partial charge in [-0.3, -0.25) is 0 Å². The molecule has 0 saturated carbocycles. The van der Waals surface area contributed by atoms with Crippen molar-refractivity contribution in [2.75, 3.05) is 6.61 Å². The summed E-state index contributed by atoms with van der Waals surface area (Å²) < 4.78 is 0. The van der Waals surface area contributed by atoms with Crippen LogP contribution in [0.4, 0.5) is 0 Å². The summed E-state index contributed by atoms with van der Waals surface area (Å²) in [6, 6.07) is 10.2. The Morgan fingerprint density at radius 2 is 2.18 bits per heavy atom. The quantitative estimate of drug-likeness (QED) is 0.886. The predicted molar refractivity (Wildman–Crippen MR) is 74.0 cm³/mol. The highest BCUT2D eigenvalue weighted by Gasteiger charge is 2.14. The Bertz CT molecular complexity index is 492. The van der Waals surface area contributed by atoms with Gasteiger partial charge in [0, 0.05) is 10.8 Å². The number of hydrogen-bond donors (Lipinski definition) is 1. The molecular weight excluding hydrogens is 252 g/mol. The van der Waals surface area contributed by atoms with Crippen molar-refractivity contribution < 1.29 is 5.11 Å². The molecule has 1 N–H and O–H groups in total. The minimum Gasteiger partial charge on any atom is -0.396 e. The van der Waals surface area contributed by atoms with Gasteiger partial charge in [-0.15, -0.1) is 11.3 Å². The van der Waals surface area contributed by atoms with Crippen molar-refractivity contribution >= 4 is 22.9 Å². The summed E-state index contributed by atoms with van der Waals surface area (Å²) in [6.07, 6.45) is 0.802. The maximum absolute atomic E-state index is 9.52. The van der Waals surface area contributed by atoms with Crippen molar-refractivity contribution in [1.82, 2.24) is 0 Å². The van der Waals surface area contributed by atoms with E-state index in [0.717, 1.165) is 16.3 Å². The zero-order chi connectivity index (χ0) is 12.3. The minimum atomic E-state index is 0.131.